The van der Waals surface area contributed by atoms with E-state index < -0.39 is 0 Å². The van der Waals surface area contributed by atoms with Gasteiger partial charge in [-0.3, -0.25) is 0 Å². The minimum Gasteiger partial charge on any atom is -0.315 e. The molecule has 1 N–H and O–H groups in total. The zero-order valence-corrected chi connectivity index (χ0v) is 12.7. The van der Waals surface area contributed by atoms with Crippen molar-refractivity contribution >= 4 is 0 Å². The van der Waals surface area contributed by atoms with Gasteiger partial charge in [0, 0.05) is 24.7 Å². The van der Waals surface area contributed by atoms with Crippen LogP contribution >= 0.6 is 0 Å². The van der Waals surface area contributed by atoms with Crippen LogP contribution in [0.4, 0.5) is 4.39 Å². The van der Waals surface area contributed by atoms with Crippen LogP contribution in [0.5, 0.6) is 0 Å². The average molecular weight is 278 g/mol. The van der Waals surface area contributed by atoms with Crippen molar-refractivity contribution < 1.29 is 4.39 Å². The van der Waals surface area contributed by atoms with Gasteiger partial charge in [-0.15, -0.1) is 0 Å². The third-order valence-corrected chi connectivity index (χ3v) is 4.50. The predicted molar refractivity (Wildman–Crippen MR) is 82.2 cm³/mol. The van der Waals surface area contributed by atoms with Gasteiger partial charge in [-0.05, 0) is 38.9 Å². The summed E-state index contributed by atoms with van der Waals surface area (Å²) in [5.74, 6) is 0.676. The van der Waals surface area contributed by atoms with Crippen LogP contribution in [0.15, 0.2) is 24.3 Å². The Morgan fingerprint density at radius 3 is 2.60 bits per heavy atom. The van der Waals surface area contributed by atoms with E-state index in [4.69, 9.17) is 0 Å². The first-order valence-corrected chi connectivity index (χ1v) is 7.80. The van der Waals surface area contributed by atoms with Gasteiger partial charge in [-0.25, -0.2) is 4.39 Å². The Balaban J connectivity index is 1.88. The van der Waals surface area contributed by atoms with Crippen LogP contribution in [0.2, 0.25) is 0 Å². The number of halogens is 1. The fourth-order valence-corrected chi connectivity index (χ4v) is 3.33. The molecular weight excluding hydrogens is 251 g/mol. The number of hydrogen-bond donors (Lipinski definition) is 1. The molecule has 0 aliphatic heterocycles. The summed E-state index contributed by atoms with van der Waals surface area (Å²) < 4.78 is 13.7. The number of nitrogens with zero attached hydrogens (tertiary/aromatic N) is 1. The topological polar surface area (TPSA) is 15.3 Å². The summed E-state index contributed by atoms with van der Waals surface area (Å²) in [5.41, 5.74) is 0.786. The predicted octanol–water partition coefficient (Wildman–Crippen LogP) is 3.43. The SMILES string of the molecule is CNC(CN(C)Cc1ccccc1F)C1CCCCC1. The highest BCUT2D eigenvalue weighted by molar-refractivity contribution is 5.17. The minimum atomic E-state index is -0.0991. The van der Waals surface area contributed by atoms with Crippen molar-refractivity contribution in [2.45, 2.75) is 44.7 Å². The molecule has 0 bridgehead atoms. The quantitative estimate of drug-likeness (QED) is 0.857. The first-order chi connectivity index (χ1) is 9.70. The second-order valence-electron chi connectivity index (χ2n) is 6.08. The normalized spacial score (nSPS) is 18.4. The average Bonchev–Trinajstić information content (AvgIpc) is 2.48. The van der Waals surface area contributed by atoms with Crippen LogP contribution in [0, 0.1) is 11.7 Å². The van der Waals surface area contributed by atoms with E-state index in [1.165, 1.54) is 32.1 Å². The molecule has 0 radical (unpaired) electrons. The molecule has 20 heavy (non-hydrogen) atoms. The molecule has 0 saturated heterocycles. The molecule has 112 valence electrons. The maximum absolute atomic E-state index is 13.7. The van der Waals surface area contributed by atoms with Gasteiger partial charge in [-0.2, -0.15) is 0 Å². The van der Waals surface area contributed by atoms with Gasteiger partial charge < -0.3 is 10.2 Å². The Morgan fingerprint density at radius 2 is 1.95 bits per heavy atom. The fourth-order valence-electron chi connectivity index (χ4n) is 3.33. The van der Waals surface area contributed by atoms with Crippen LogP contribution in [0.3, 0.4) is 0 Å². The molecule has 0 heterocycles. The van der Waals surface area contributed by atoms with Crippen molar-refractivity contribution in [1.82, 2.24) is 10.2 Å². The molecule has 2 nitrogen and oxygen atoms in total. The zero-order chi connectivity index (χ0) is 14.4. The lowest BCUT2D eigenvalue weighted by atomic mass is 9.83. The van der Waals surface area contributed by atoms with E-state index in [0.29, 0.717) is 12.6 Å². The van der Waals surface area contributed by atoms with Crippen LogP contribution in [-0.2, 0) is 6.54 Å². The van der Waals surface area contributed by atoms with Crippen molar-refractivity contribution in [2.75, 3.05) is 20.6 Å². The molecule has 1 atom stereocenters. The highest BCUT2D eigenvalue weighted by atomic mass is 19.1. The van der Waals surface area contributed by atoms with Crippen LogP contribution in [0.25, 0.3) is 0 Å². The monoisotopic (exact) mass is 278 g/mol. The van der Waals surface area contributed by atoms with Gasteiger partial charge in [0.15, 0.2) is 0 Å². The molecule has 0 amide bonds. The summed E-state index contributed by atoms with van der Waals surface area (Å²) in [6.45, 7) is 1.66. The smallest absolute Gasteiger partial charge is 0.127 e. The Morgan fingerprint density at radius 1 is 1.25 bits per heavy atom. The van der Waals surface area contributed by atoms with Crippen LogP contribution < -0.4 is 5.32 Å². The molecule has 1 fully saturated rings. The van der Waals surface area contributed by atoms with Gasteiger partial charge in [0.05, 0.1) is 0 Å². The summed E-state index contributed by atoms with van der Waals surface area (Å²) >= 11 is 0. The lowest BCUT2D eigenvalue weighted by Crippen LogP contribution is -2.43. The molecule has 0 spiro atoms. The molecule has 1 unspecified atom stereocenters. The molecule has 3 heteroatoms. The van der Waals surface area contributed by atoms with Crippen molar-refractivity contribution in [2.24, 2.45) is 5.92 Å². The summed E-state index contributed by atoms with van der Waals surface area (Å²) in [7, 11) is 4.13. The molecule has 1 aromatic carbocycles. The molecule has 1 aliphatic carbocycles. The number of nitrogens with one attached hydrogen (secondary N) is 1. The van der Waals surface area contributed by atoms with E-state index in [-0.39, 0.29) is 5.82 Å². The van der Waals surface area contributed by atoms with Crippen LogP contribution in [-0.4, -0.2) is 31.6 Å². The summed E-state index contributed by atoms with van der Waals surface area (Å²) in [4.78, 5) is 2.23. The Bertz CT molecular complexity index is 402. The summed E-state index contributed by atoms with van der Waals surface area (Å²) in [6.07, 6.45) is 6.77. The summed E-state index contributed by atoms with van der Waals surface area (Å²) in [5, 5.41) is 3.47. The van der Waals surface area contributed by atoms with Crippen molar-refractivity contribution in [3.05, 3.63) is 35.6 Å². The van der Waals surface area contributed by atoms with E-state index in [1.54, 1.807) is 12.1 Å². The van der Waals surface area contributed by atoms with Crippen molar-refractivity contribution in [3.8, 4) is 0 Å². The maximum atomic E-state index is 13.7. The van der Waals surface area contributed by atoms with Gasteiger partial charge in [0.2, 0.25) is 0 Å². The van der Waals surface area contributed by atoms with E-state index in [0.717, 1.165) is 18.0 Å². The molecule has 0 aromatic heterocycles. The fraction of sp³-hybridized carbons (Fsp3) is 0.647. The number of likely N-dealkylation sites (N-methyl/N-ethyl adjacent to an activating group) is 2. The Hall–Kier alpha value is -0.930. The Labute approximate surface area is 122 Å². The second kappa shape index (κ2) is 7.75. The molecular formula is C17H27FN2. The summed E-state index contributed by atoms with van der Waals surface area (Å²) in [6, 6.07) is 7.59. The second-order valence-corrected chi connectivity index (χ2v) is 6.08. The maximum Gasteiger partial charge on any atom is 0.127 e. The number of hydrogen-bond acceptors (Lipinski definition) is 2. The van der Waals surface area contributed by atoms with Gasteiger partial charge in [0.1, 0.15) is 5.82 Å². The van der Waals surface area contributed by atoms with E-state index in [1.807, 2.05) is 12.1 Å². The third kappa shape index (κ3) is 4.29. The third-order valence-electron chi connectivity index (χ3n) is 4.50. The highest BCUT2D eigenvalue weighted by Crippen LogP contribution is 2.26. The minimum absolute atomic E-state index is 0.0991. The number of benzene rings is 1. The van der Waals surface area contributed by atoms with E-state index in [9.17, 15) is 4.39 Å². The standard InChI is InChI=1S/C17H27FN2/c1-19-17(14-8-4-3-5-9-14)13-20(2)12-15-10-6-7-11-16(15)18/h6-7,10-11,14,17,19H,3-5,8-9,12-13H2,1-2H3. The lowest BCUT2D eigenvalue weighted by Gasteiger charge is -2.33. The van der Waals surface area contributed by atoms with Crippen LogP contribution in [0.1, 0.15) is 37.7 Å². The molecule has 2 rings (SSSR count). The molecule has 1 aromatic rings. The van der Waals surface area contributed by atoms with Crippen molar-refractivity contribution in [1.29, 1.82) is 0 Å². The first kappa shape index (κ1) is 15.5. The van der Waals surface area contributed by atoms with E-state index in [2.05, 4.69) is 24.3 Å². The van der Waals surface area contributed by atoms with Gasteiger partial charge in [-0.1, -0.05) is 37.5 Å². The van der Waals surface area contributed by atoms with Gasteiger partial charge in [0.25, 0.3) is 0 Å². The zero-order valence-electron chi connectivity index (χ0n) is 12.7. The first-order valence-electron chi connectivity index (χ1n) is 7.80. The Kier molecular flexibility index (Phi) is 5.99. The highest BCUT2D eigenvalue weighted by Gasteiger charge is 2.23. The van der Waals surface area contributed by atoms with E-state index >= 15 is 0 Å². The number of rotatable bonds is 6. The lowest BCUT2D eigenvalue weighted by molar-refractivity contribution is 0.206. The molecule has 1 aliphatic rings. The van der Waals surface area contributed by atoms with Gasteiger partial charge >= 0.3 is 0 Å². The molecule has 1 saturated carbocycles. The van der Waals surface area contributed by atoms with Crippen molar-refractivity contribution in [3.63, 3.8) is 0 Å². The largest absolute Gasteiger partial charge is 0.315 e.